The molecule has 0 bridgehead atoms. The number of rotatable bonds is 12. The Bertz CT molecular complexity index is 214. The van der Waals surface area contributed by atoms with Crippen molar-refractivity contribution in [1.82, 2.24) is 10.2 Å². The Labute approximate surface area is 134 Å². The van der Waals surface area contributed by atoms with Crippen molar-refractivity contribution >= 4 is 0 Å². The number of unbranched alkanes of at least 4 members (excludes halogenated alkanes) is 4. The highest BCUT2D eigenvalue weighted by Crippen LogP contribution is 2.13. The van der Waals surface area contributed by atoms with Crippen molar-refractivity contribution in [3.8, 4) is 0 Å². The molecule has 0 saturated carbocycles. The molecule has 1 N–H and O–H groups in total. The maximum Gasteiger partial charge on any atom is 0.0169 e. The first-order chi connectivity index (χ1) is 10.3. The fraction of sp³-hybridized carbons (Fsp3) is 1.00. The van der Waals surface area contributed by atoms with Gasteiger partial charge in [0.15, 0.2) is 0 Å². The zero-order valence-corrected chi connectivity index (χ0v) is 15.0. The third kappa shape index (κ3) is 9.52. The van der Waals surface area contributed by atoms with E-state index in [0.29, 0.717) is 6.04 Å². The molecule has 2 nitrogen and oxygen atoms in total. The van der Waals surface area contributed by atoms with Gasteiger partial charge in [0.1, 0.15) is 0 Å². The van der Waals surface area contributed by atoms with Crippen molar-refractivity contribution in [3.63, 3.8) is 0 Å². The van der Waals surface area contributed by atoms with E-state index in [0.717, 1.165) is 6.04 Å². The molecular weight excluding hydrogens is 256 g/mol. The van der Waals surface area contributed by atoms with Crippen LogP contribution in [-0.4, -0.2) is 36.6 Å². The molecule has 126 valence electrons. The zero-order chi connectivity index (χ0) is 15.3. The summed E-state index contributed by atoms with van der Waals surface area (Å²) in [5, 5.41) is 3.94. The van der Waals surface area contributed by atoms with Crippen molar-refractivity contribution in [2.24, 2.45) is 0 Å². The van der Waals surface area contributed by atoms with Crippen LogP contribution in [0.15, 0.2) is 0 Å². The summed E-state index contributed by atoms with van der Waals surface area (Å²) < 4.78 is 0. The lowest BCUT2D eigenvalue weighted by atomic mass is 10.0. The predicted molar refractivity (Wildman–Crippen MR) is 95.0 cm³/mol. The van der Waals surface area contributed by atoms with Crippen LogP contribution in [0.3, 0.4) is 0 Å². The second-order valence-corrected chi connectivity index (χ2v) is 7.12. The van der Waals surface area contributed by atoms with Gasteiger partial charge in [0, 0.05) is 18.6 Å². The monoisotopic (exact) mass is 296 g/mol. The number of nitrogens with one attached hydrogen (secondary N) is 1. The van der Waals surface area contributed by atoms with Crippen LogP contribution in [0.2, 0.25) is 0 Å². The zero-order valence-electron chi connectivity index (χ0n) is 15.0. The Morgan fingerprint density at radius 1 is 0.857 bits per heavy atom. The average molecular weight is 297 g/mol. The standard InChI is InChI=1S/C19H40N2/c1-4-6-9-13-19(14-10-7-5-2)20-18(3)17-21-15-11-8-12-16-21/h18-20H,4-17H2,1-3H3. The summed E-state index contributed by atoms with van der Waals surface area (Å²) >= 11 is 0. The van der Waals surface area contributed by atoms with Crippen molar-refractivity contribution in [3.05, 3.63) is 0 Å². The number of hydrogen-bond acceptors (Lipinski definition) is 2. The van der Waals surface area contributed by atoms with Crippen LogP contribution < -0.4 is 5.32 Å². The molecule has 1 saturated heterocycles. The van der Waals surface area contributed by atoms with Crippen molar-refractivity contribution < 1.29 is 0 Å². The van der Waals surface area contributed by atoms with Gasteiger partial charge in [0.05, 0.1) is 0 Å². The molecule has 0 spiro atoms. The number of hydrogen-bond donors (Lipinski definition) is 1. The lowest BCUT2D eigenvalue weighted by Crippen LogP contribution is -2.45. The highest BCUT2D eigenvalue weighted by atomic mass is 15.2. The van der Waals surface area contributed by atoms with Gasteiger partial charge in [-0.15, -0.1) is 0 Å². The van der Waals surface area contributed by atoms with Gasteiger partial charge in [0.25, 0.3) is 0 Å². The molecule has 1 rings (SSSR count). The van der Waals surface area contributed by atoms with Crippen molar-refractivity contribution in [2.75, 3.05) is 19.6 Å². The molecule has 1 heterocycles. The predicted octanol–water partition coefficient (Wildman–Crippen LogP) is 4.98. The van der Waals surface area contributed by atoms with E-state index in [-0.39, 0.29) is 0 Å². The maximum atomic E-state index is 3.94. The Kier molecular flexibility index (Phi) is 11.3. The molecule has 0 aromatic rings. The van der Waals surface area contributed by atoms with Crippen LogP contribution in [0.1, 0.15) is 91.4 Å². The molecule has 1 unspecified atom stereocenters. The summed E-state index contributed by atoms with van der Waals surface area (Å²) in [6, 6.07) is 1.40. The molecule has 0 aromatic heterocycles. The van der Waals surface area contributed by atoms with E-state index in [2.05, 4.69) is 31.0 Å². The Hall–Kier alpha value is -0.0800. The fourth-order valence-electron chi connectivity index (χ4n) is 3.58. The van der Waals surface area contributed by atoms with Gasteiger partial charge in [-0.3, -0.25) is 0 Å². The van der Waals surface area contributed by atoms with E-state index in [1.165, 1.54) is 90.3 Å². The van der Waals surface area contributed by atoms with Crippen molar-refractivity contribution in [2.45, 2.75) is 103 Å². The average Bonchev–Trinajstić information content (AvgIpc) is 2.48. The third-order valence-corrected chi connectivity index (χ3v) is 4.81. The minimum atomic E-state index is 0.649. The normalized spacial score (nSPS) is 18.3. The van der Waals surface area contributed by atoms with Gasteiger partial charge < -0.3 is 10.2 Å². The van der Waals surface area contributed by atoms with E-state index >= 15 is 0 Å². The van der Waals surface area contributed by atoms with Crippen molar-refractivity contribution in [1.29, 1.82) is 0 Å². The first kappa shape index (κ1) is 19.0. The Morgan fingerprint density at radius 3 is 1.95 bits per heavy atom. The Balaban J connectivity index is 2.26. The van der Waals surface area contributed by atoms with Crippen LogP contribution in [-0.2, 0) is 0 Å². The van der Waals surface area contributed by atoms with Gasteiger partial charge in [-0.25, -0.2) is 0 Å². The topological polar surface area (TPSA) is 15.3 Å². The molecular formula is C19H40N2. The van der Waals surface area contributed by atoms with Crippen LogP contribution in [0, 0.1) is 0 Å². The highest BCUT2D eigenvalue weighted by Gasteiger charge is 2.16. The third-order valence-electron chi connectivity index (χ3n) is 4.81. The van der Waals surface area contributed by atoms with Gasteiger partial charge in [0.2, 0.25) is 0 Å². The summed E-state index contributed by atoms with van der Waals surface area (Å²) in [6.45, 7) is 10.9. The molecule has 0 amide bonds. The number of likely N-dealkylation sites (tertiary alicyclic amines) is 1. The summed E-state index contributed by atoms with van der Waals surface area (Å²) in [4.78, 5) is 2.66. The van der Waals surface area contributed by atoms with Gasteiger partial charge in [-0.2, -0.15) is 0 Å². The molecule has 1 aliphatic heterocycles. The van der Waals surface area contributed by atoms with Crippen LogP contribution in [0.25, 0.3) is 0 Å². The maximum absolute atomic E-state index is 3.94. The second kappa shape index (κ2) is 12.5. The lowest BCUT2D eigenvalue weighted by molar-refractivity contribution is 0.201. The SMILES string of the molecule is CCCCCC(CCCCC)NC(C)CN1CCCCC1. The van der Waals surface area contributed by atoms with Crippen LogP contribution >= 0.6 is 0 Å². The quantitative estimate of drug-likeness (QED) is 0.511. The molecule has 0 aliphatic carbocycles. The number of nitrogens with zero attached hydrogens (tertiary/aromatic N) is 1. The molecule has 0 radical (unpaired) electrons. The van der Waals surface area contributed by atoms with Crippen LogP contribution in [0.5, 0.6) is 0 Å². The smallest absolute Gasteiger partial charge is 0.0169 e. The summed E-state index contributed by atoms with van der Waals surface area (Å²) in [5.74, 6) is 0. The molecule has 0 aromatic carbocycles. The molecule has 1 fully saturated rings. The minimum absolute atomic E-state index is 0.649. The summed E-state index contributed by atoms with van der Waals surface area (Å²) in [5.41, 5.74) is 0. The molecule has 1 aliphatic rings. The van der Waals surface area contributed by atoms with E-state index < -0.39 is 0 Å². The van der Waals surface area contributed by atoms with Gasteiger partial charge in [-0.1, -0.05) is 58.8 Å². The fourth-order valence-corrected chi connectivity index (χ4v) is 3.58. The van der Waals surface area contributed by atoms with E-state index in [1.54, 1.807) is 0 Å². The summed E-state index contributed by atoms with van der Waals surface area (Å²) in [6.07, 6.45) is 15.3. The Morgan fingerprint density at radius 2 is 1.43 bits per heavy atom. The van der Waals surface area contributed by atoms with Gasteiger partial charge >= 0.3 is 0 Å². The highest BCUT2D eigenvalue weighted by molar-refractivity contribution is 4.76. The largest absolute Gasteiger partial charge is 0.310 e. The number of piperidine rings is 1. The molecule has 2 heteroatoms. The lowest BCUT2D eigenvalue weighted by Gasteiger charge is -2.31. The molecule has 21 heavy (non-hydrogen) atoms. The first-order valence-electron chi connectivity index (χ1n) is 9.74. The van der Waals surface area contributed by atoms with Crippen LogP contribution in [0.4, 0.5) is 0 Å². The minimum Gasteiger partial charge on any atom is -0.310 e. The van der Waals surface area contributed by atoms with E-state index in [1.807, 2.05) is 0 Å². The second-order valence-electron chi connectivity index (χ2n) is 7.12. The van der Waals surface area contributed by atoms with E-state index in [4.69, 9.17) is 0 Å². The van der Waals surface area contributed by atoms with Gasteiger partial charge in [-0.05, 0) is 45.7 Å². The summed E-state index contributed by atoms with van der Waals surface area (Å²) in [7, 11) is 0. The first-order valence-corrected chi connectivity index (χ1v) is 9.74. The van der Waals surface area contributed by atoms with E-state index in [9.17, 15) is 0 Å². The molecule has 1 atom stereocenters.